The first-order valence-electron chi connectivity index (χ1n) is 6.20. The van der Waals surface area contributed by atoms with Gasteiger partial charge in [-0.15, -0.1) is 6.58 Å². The molecule has 94 valence electrons. The fourth-order valence-corrected chi connectivity index (χ4v) is 2.33. The van der Waals surface area contributed by atoms with Crippen LogP contribution in [0.15, 0.2) is 35.3 Å². The van der Waals surface area contributed by atoms with Crippen LogP contribution in [0.4, 0.5) is 0 Å². The van der Waals surface area contributed by atoms with Gasteiger partial charge in [-0.1, -0.05) is 47.0 Å². The van der Waals surface area contributed by atoms with Crippen LogP contribution in [0.5, 0.6) is 0 Å². The first-order valence-corrected chi connectivity index (χ1v) is 7.00. The molecule has 1 rings (SSSR count). The number of aliphatic hydroxyl groups is 1. The van der Waals surface area contributed by atoms with Gasteiger partial charge in [-0.05, 0) is 43.4 Å². The van der Waals surface area contributed by atoms with Crippen molar-refractivity contribution in [3.05, 3.63) is 46.5 Å². The van der Waals surface area contributed by atoms with Crippen LogP contribution >= 0.6 is 15.9 Å². The van der Waals surface area contributed by atoms with E-state index in [4.69, 9.17) is 0 Å². The second-order valence-electron chi connectivity index (χ2n) is 4.40. The van der Waals surface area contributed by atoms with Gasteiger partial charge in [0.05, 0.1) is 6.10 Å². The highest BCUT2D eigenvalue weighted by molar-refractivity contribution is 9.10. The predicted molar refractivity (Wildman–Crippen MR) is 77.1 cm³/mol. The summed E-state index contributed by atoms with van der Waals surface area (Å²) in [4.78, 5) is 0. The third-order valence-corrected chi connectivity index (χ3v) is 3.91. The van der Waals surface area contributed by atoms with Crippen molar-refractivity contribution in [3.8, 4) is 0 Å². The lowest BCUT2D eigenvalue weighted by Crippen LogP contribution is -2.00. The summed E-state index contributed by atoms with van der Waals surface area (Å²) in [6.45, 7) is 5.75. The molecule has 2 heteroatoms. The molecule has 0 heterocycles. The maximum absolute atomic E-state index is 10.1. The third kappa shape index (κ3) is 4.64. The number of unbranched alkanes of at least 4 members (excludes halogenated alkanes) is 3. The van der Waals surface area contributed by atoms with Crippen molar-refractivity contribution in [2.75, 3.05) is 0 Å². The normalized spacial score (nSPS) is 12.4. The van der Waals surface area contributed by atoms with Crippen molar-refractivity contribution in [2.24, 2.45) is 0 Å². The number of allylic oxidation sites excluding steroid dienone is 1. The first-order chi connectivity index (χ1) is 8.16. The number of aliphatic hydroxyl groups excluding tert-OH is 1. The van der Waals surface area contributed by atoms with Gasteiger partial charge in [-0.25, -0.2) is 0 Å². The number of hydrogen-bond acceptors (Lipinski definition) is 1. The van der Waals surface area contributed by atoms with Gasteiger partial charge in [0.2, 0.25) is 0 Å². The summed E-state index contributed by atoms with van der Waals surface area (Å²) in [6.07, 6.45) is 6.94. The molecule has 0 saturated heterocycles. The molecule has 1 unspecified atom stereocenters. The SMILES string of the molecule is C=CCCCCCC(O)c1cccc(Br)c1C. The van der Waals surface area contributed by atoms with Crippen LogP contribution < -0.4 is 0 Å². The lowest BCUT2D eigenvalue weighted by atomic mass is 9.99. The van der Waals surface area contributed by atoms with Gasteiger partial charge in [0.1, 0.15) is 0 Å². The van der Waals surface area contributed by atoms with E-state index in [9.17, 15) is 5.11 Å². The molecule has 1 aromatic rings. The van der Waals surface area contributed by atoms with E-state index in [1.54, 1.807) is 0 Å². The quantitative estimate of drug-likeness (QED) is 0.559. The second kappa shape index (κ2) is 7.67. The monoisotopic (exact) mass is 296 g/mol. The van der Waals surface area contributed by atoms with Crippen molar-refractivity contribution in [2.45, 2.75) is 45.1 Å². The van der Waals surface area contributed by atoms with Gasteiger partial charge in [0, 0.05) is 4.47 Å². The van der Waals surface area contributed by atoms with Gasteiger partial charge in [-0.2, -0.15) is 0 Å². The molecule has 0 radical (unpaired) electrons. The van der Waals surface area contributed by atoms with Gasteiger partial charge in [-0.3, -0.25) is 0 Å². The van der Waals surface area contributed by atoms with Gasteiger partial charge in [0.25, 0.3) is 0 Å². The highest BCUT2D eigenvalue weighted by Crippen LogP contribution is 2.27. The second-order valence-corrected chi connectivity index (χ2v) is 5.25. The Hall–Kier alpha value is -0.600. The van der Waals surface area contributed by atoms with E-state index in [1.165, 1.54) is 6.42 Å². The largest absolute Gasteiger partial charge is 0.388 e. The Morgan fingerprint density at radius 1 is 1.35 bits per heavy atom. The minimum atomic E-state index is -0.337. The molecule has 1 nitrogen and oxygen atoms in total. The molecule has 0 bridgehead atoms. The van der Waals surface area contributed by atoms with E-state index < -0.39 is 0 Å². The van der Waals surface area contributed by atoms with Crippen molar-refractivity contribution >= 4 is 15.9 Å². The van der Waals surface area contributed by atoms with Crippen molar-refractivity contribution in [3.63, 3.8) is 0 Å². The highest BCUT2D eigenvalue weighted by Gasteiger charge is 2.11. The van der Waals surface area contributed by atoms with E-state index in [0.29, 0.717) is 0 Å². The zero-order chi connectivity index (χ0) is 12.7. The fourth-order valence-electron chi connectivity index (χ4n) is 1.94. The minimum absolute atomic E-state index is 0.337. The van der Waals surface area contributed by atoms with Crippen molar-refractivity contribution in [1.29, 1.82) is 0 Å². The number of benzene rings is 1. The number of hydrogen-bond donors (Lipinski definition) is 1. The Morgan fingerprint density at radius 3 is 2.82 bits per heavy atom. The average molecular weight is 297 g/mol. The molecular weight excluding hydrogens is 276 g/mol. The molecule has 0 spiro atoms. The smallest absolute Gasteiger partial charge is 0.0793 e. The molecule has 1 N–H and O–H groups in total. The Balaban J connectivity index is 2.44. The molecule has 0 amide bonds. The lowest BCUT2D eigenvalue weighted by Gasteiger charge is -2.14. The Kier molecular flexibility index (Phi) is 6.53. The van der Waals surface area contributed by atoms with Crippen LogP contribution in [-0.4, -0.2) is 5.11 Å². The zero-order valence-corrected chi connectivity index (χ0v) is 12.0. The summed E-state index contributed by atoms with van der Waals surface area (Å²) in [7, 11) is 0. The van der Waals surface area contributed by atoms with E-state index in [0.717, 1.165) is 41.3 Å². The highest BCUT2D eigenvalue weighted by atomic mass is 79.9. The molecule has 17 heavy (non-hydrogen) atoms. The summed E-state index contributed by atoms with van der Waals surface area (Å²) in [5, 5.41) is 10.1. The molecule has 0 aliphatic rings. The molecule has 0 aromatic heterocycles. The fraction of sp³-hybridized carbons (Fsp3) is 0.467. The van der Waals surface area contributed by atoms with Crippen LogP contribution in [0.3, 0.4) is 0 Å². The summed E-state index contributed by atoms with van der Waals surface area (Å²) >= 11 is 3.49. The number of rotatable bonds is 7. The van der Waals surface area contributed by atoms with E-state index in [1.807, 2.05) is 31.2 Å². The summed E-state index contributed by atoms with van der Waals surface area (Å²) in [5.41, 5.74) is 2.19. The van der Waals surface area contributed by atoms with Crippen molar-refractivity contribution < 1.29 is 5.11 Å². The summed E-state index contributed by atoms with van der Waals surface area (Å²) in [5.74, 6) is 0. The average Bonchev–Trinajstić information content (AvgIpc) is 2.32. The Labute approximate surface area is 113 Å². The van der Waals surface area contributed by atoms with E-state index in [2.05, 4.69) is 22.5 Å². The minimum Gasteiger partial charge on any atom is -0.388 e. The molecule has 1 aromatic carbocycles. The van der Waals surface area contributed by atoms with Crippen molar-refractivity contribution in [1.82, 2.24) is 0 Å². The first kappa shape index (κ1) is 14.5. The van der Waals surface area contributed by atoms with Gasteiger partial charge in [0.15, 0.2) is 0 Å². The zero-order valence-electron chi connectivity index (χ0n) is 10.5. The lowest BCUT2D eigenvalue weighted by molar-refractivity contribution is 0.162. The topological polar surface area (TPSA) is 20.2 Å². The summed E-state index contributed by atoms with van der Waals surface area (Å²) in [6, 6.07) is 6.00. The van der Waals surface area contributed by atoms with Crippen LogP contribution in [-0.2, 0) is 0 Å². The van der Waals surface area contributed by atoms with Crippen LogP contribution in [0.2, 0.25) is 0 Å². The third-order valence-electron chi connectivity index (χ3n) is 3.05. The maximum atomic E-state index is 10.1. The standard InChI is InChI=1S/C15H21BrO/c1-3-4-5-6-7-11-15(17)13-9-8-10-14(16)12(13)2/h3,8-10,15,17H,1,4-7,11H2,2H3. The molecule has 0 aliphatic heterocycles. The predicted octanol–water partition coefficient (Wildman–Crippen LogP) is 4.93. The van der Waals surface area contributed by atoms with Crippen LogP contribution in [0, 0.1) is 6.92 Å². The van der Waals surface area contributed by atoms with Gasteiger partial charge >= 0.3 is 0 Å². The summed E-state index contributed by atoms with van der Waals surface area (Å²) < 4.78 is 1.07. The van der Waals surface area contributed by atoms with E-state index >= 15 is 0 Å². The molecular formula is C15H21BrO. The molecule has 1 atom stereocenters. The Morgan fingerprint density at radius 2 is 2.12 bits per heavy atom. The molecule has 0 fully saturated rings. The van der Waals surface area contributed by atoms with E-state index in [-0.39, 0.29) is 6.10 Å². The van der Waals surface area contributed by atoms with Crippen LogP contribution in [0.1, 0.15) is 49.3 Å². The maximum Gasteiger partial charge on any atom is 0.0793 e. The van der Waals surface area contributed by atoms with Gasteiger partial charge < -0.3 is 5.11 Å². The van der Waals surface area contributed by atoms with Crippen LogP contribution in [0.25, 0.3) is 0 Å². The number of halogens is 1. The Bertz CT molecular complexity index is 360. The molecule has 0 aliphatic carbocycles. The molecule has 0 saturated carbocycles.